The van der Waals surface area contributed by atoms with Crippen molar-refractivity contribution in [3.8, 4) is 0 Å². The fourth-order valence-electron chi connectivity index (χ4n) is 1.99. The lowest BCUT2D eigenvalue weighted by molar-refractivity contribution is -0.137. The first-order valence-electron chi connectivity index (χ1n) is 5.16. The Morgan fingerprint density at radius 3 is 3.19 bits per heavy atom. The van der Waals surface area contributed by atoms with E-state index in [-0.39, 0.29) is 17.9 Å². The Kier molecular flexibility index (Phi) is 2.89. The van der Waals surface area contributed by atoms with Gasteiger partial charge in [0.1, 0.15) is 5.82 Å². The van der Waals surface area contributed by atoms with Gasteiger partial charge in [-0.2, -0.15) is 0 Å². The molecule has 6 nitrogen and oxygen atoms in total. The summed E-state index contributed by atoms with van der Waals surface area (Å²) in [5, 5.41) is 8.69. The first-order valence-corrected chi connectivity index (χ1v) is 5.16. The Labute approximate surface area is 91.9 Å². The van der Waals surface area contributed by atoms with E-state index in [9.17, 15) is 9.59 Å². The molecular formula is C10H13N3O3. The van der Waals surface area contributed by atoms with Crippen molar-refractivity contribution in [3.05, 3.63) is 22.7 Å². The molecule has 0 bridgehead atoms. The number of carboxylic acids is 1. The first kappa shape index (κ1) is 10.7. The third-order valence-electron chi connectivity index (χ3n) is 2.74. The molecule has 0 aliphatic carbocycles. The minimum atomic E-state index is -0.772. The van der Waals surface area contributed by atoms with Crippen LogP contribution in [-0.2, 0) is 4.79 Å². The molecule has 0 spiro atoms. The van der Waals surface area contributed by atoms with Crippen LogP contribution in [0.15, 0.2) is 17.2 Å². The van der Waals surface area contributed by atoms with Gasteiger partial charge in [-0.25, -0.2) is 4.98 Å². The number of hydrogen-bond donors (Lipinski definition) is 2. The topological polar surface area (TPSA) is 86.3 Å². The maximum atomic E-state index is 11.1. The van der Waals surface area contributed by atoms with Gasteiger partial charge in [0.05, 0.1) is 6.33 Å². The summed E-state index contributed by atoms with van der Waals surface area (Å²) in [6.45, 7) is 1.41. The van der Waals surface area contributed by atoms with Crippen LogP contribution in [0.2, 0.25) is 0 Å². The number of H-pyrrole nitrogens is 1. The molecule has 16 heavy (non-hydrogen) atoms. The van der Waals surface area contributed by atoms with Crippen LogP contribution in [-0.4, -0.2) is 34.1 Å². The summed E-state index contributed by atoms with van der Waals surface area (Å²) < 4.78 is 0. The van der Waals surface area contributed by atoms with Crippen LogP contribution in [0, 0.1) is 5.92 Å². The van der Waals surface area contributed by atoms with Gasteiger partial charge < -0.3 is 15.0 Å². The van der Waals surface area contributed by atoms with Crippen LogP contribution in [0.3, 0.4) is 0 Å². The number of carboxylic acid groups (broad SMARTS) is 1. The molecule has 6 heteroatoms. The van der Waals surface area contributed by atoms with Crippen LogP contribution >= 0.6 is 0 Å². The highest BCUT2D eigenvalue weighted by atomic mass is 16.4. The maximum Gasteiger partial charge on any atom is 0.303 e. The van der Waals surface area contributed by atoms with E-state index in [0.717, 1.165) is 13.0 Å². The van der Waals surface area contributed by atoms with Gasteiger partial charge in [0.25, 0.3) is 5.56 Å². The number of aromatic nitrogens is 2. The standard InChI is InChI=1S/C10H13N3O3/c14-9-4-8(11-6-12-9)13-2-1-7(5-13)3-10(15)16/h4,6-7H,1-3,5H2,(H,15,16)(H,11,12,14). The third-order valence-corrected chi connectivity index (χ3v) is 2.74. The van der Waals surface area contributed by atoms with Gasteiger partial charge in [0.15, 0.2) is 0 Å². The number of aromatic amines is 1. The number of anilines is 1. The summed E-state index contributed by atoms with van der Waals surface area (Å²) >= 11 is 0. The van der Waals surface area contributed by atoms with Crippen LogP contribution in [0.4, 0.5) is 5.82 Å². The van der Waals surface area contributed by atoms with E-state index in [2.05, 4.69) is 9.97 Å². The molecule has 2 N–H and O–H groups in total. The highest BCUT2D eigenvalue weighted by Gasteiger charge is 2.25. The van der Waals surface area contributed by atoms with Crippen molar-refractivity contribution in [1.82, 2.24) is 9.97 Å². The number of nitrogens with one attached hydrogen (secondary N) is 1. The zero-order chi connectivity index (χ0) is 11.5. The third kappa shape index (κ3) is 2.39. The second-order valence-electron chi connectivity index (χ2n) is 3.97. The van der Waals surface area contributed by atoms with Gasteiger partial charge in [-0.15, -0.1) is 0 Å². The summed E-state index contributed by atoms with van der Waals surface area (Å²) in [5.74, 6) is 0.000875. The highest BCUT2D eigenvalue weighted by Crippen LogP contribution is 2.22. The van der Waals surface area contributed by atoms with E-state index in [0.29, 0.717) is 12.4 Å². The number of rotatable bonds is 3. The first-order chi connectivity index (χ1) is 7.65. The quantitative estimate of drug-likeness (QED) is 0.757. The Morgan fingerprint density at radius 1 is 1.69 bits per heavy atom. The van der Waals surface area contributed by atoms with Crippen molar-refractivity contribution in [2.75, 3.05) is 18.0 Å². The molecule has 0 amide bonds. The molecule has 1 fully saturated rings. The second-order valence-corrected chi connectivity index (χ2v) is 3.97. The maximum absolute atomic E-state index is 11.1. The molecule has 0 radical (unpaired) electrons. The fraction of sp³-hybridized carbons (Fsp3) is 0.500. The number of hydrogen-bond acceptors (Lipinski definition) is 4. The van der Waals surface area contributed by atoms with E-state index in [1.807, 2.05) is 4.90 Å². The molecular weight excluding hydrogens is 210 g/mol. The largest absolute Gasteiger partial charge is 0.481 e. The number of carbonyl (C=O) groups is 1. The molecule has 1 saturated heterocycles. The summed E-state index contributed by atoms with van der Waals surface area (Å²) in [6, 6.07) is 1.43. The van der Waals surface area contributed by atoms with Crippen LogP contribution in [0.25, 0.3) is 0 Å². The molecule has 0 aromatic carbocycles. The van der Waals surface area contributed by atoms with Crippen molar-refractivity contribution in [1.29, 1.82) is 0 Å². The van der Waals surface area contributed by atoms with Crippen molar-refractivity contribution >= 4 is 11.8 Å². The summed E-state index contributed by atoms with van der Waals surface area (Å²) in [6.07, 6.45) is 2.38. The lowest BCUT2D eigenvalue weighted by Crippen LogP contribution is -2.23. The molecule has 1 aromatic heterocycles. The average Bonchev–Trinajstić information content (AvgIpc) is 2.65. The smallest absolute Gasteiger partial charge is 0.303 e. The van der Waals surface area contributed by atoms with Gasteiger partial charge in [0.2, 0.25) is 0 Å². The van der Waals surface area contributed by atoms with Crippen LogP contribution < -0.4 is 10.5 Å². The molecule has 1 aliphatic rings. The van der Waals surface area contributed by atoms with Crippen molar-refractivity contribution in [2.24, 2.45) is 5.92 Å². The van der Waals surface area contributed by atoms with Crippen molar-refractivity contribution < 1.29 is 9.90 Å². The second kappa shape index (κ2) is 4.34. The Bertz CT molecular complexity index is 443. The normalized spacial score (nSPS) is 20.0. The molecule has 1 aromatic rings. The lowest BCUT2D eigenvalue weighted by atomic mass is 10.1. The SMILES string of the molecule is O=C(O)CC1CCN(c2cc(=O)[nH]cn2)C1. The van der Waals surface area contributed by atoms with E-state index in [4.69, 9.17) is 5.11 Å². The van der Waals surface area contributed by atoms with Crippen molar-refractivity contribution in [2.45, 2.75) is 12.8 Å². The minimum absolute atomic E-state index is 0.151. The van der Waals surface area contributed by atoms with E-state index >= 15 is 0 Å². The van der Waals surface area contributed by atoms with Gasteiger partial charge in [-0.3, -0.25) is 9.59 Å². The number of aliphatic carboxylic acids is 1. The van der Waals surface area contributed by atoms with E-state index in [1.54, 1.807) is 0 Å². The Hall–Kier alpha value is -1.85. The minimum Gasteiger partial charge on any atom is -0.481 e. The van der Waals surface area contributed by atoms with Crippen LogP contribution in [0.5, 0.6) is 0 Å². The summed E-state index contributed by atoms with van der Waals surface area (Å²) in [5.41, 5.74) is -0.188. The fourth-order valence-corrected chi connectivity index (χ4v) is 1.99. The van der Waals surface area contributed by atoms with Gasteiger partial charge in [-0.05, 0) is 12.3 Å². The predicted molar refractivity (Wildman–Crippen MR) is 57.4 cm³/mol. The molecule has 1 aliphatic heterocycles. The zero-order valence-corrected chi connectivity index (χ0v) is 8.72. The van der Waals surface area contributed by atoms with Crippen LogP contribution in [0.1, 0.15) is 12.8 Å². The molecule has 1 unspecified atom stereocenters. The lowest BCUT2D eigenvalue weighted by Gasteiger charge is -2.16. The summed E-state index contributed by atoms with van der Waals surface area (Å²) in [4.78, 5) is 30.1. The summed E-state index contributed by atoms with van der Waals surface area (Å²) in [7, 11) is 0. The predicted octanol–water partition coefficient (Wildman–Crippen LogP) is 0.0709. The highest BCUT2D eigenvalue weighted by molar-refractivity contribution is 5.67. The molecule has 86 valence electrons. The molecule has 2 rings (SSSR count). The van der Waals surface area contributed by atoms with E-state index < -0.39 is 5.97 Å². The molecule has 0 saturated carbocycles. The number of nitrogens with zero attached hydrogens (tertiary/aromatic N) is 2. The molecule has 2 heterocycles. The monoisotopic (exact) mass is 223 g/mol. The van der Waals surface area contributed by atoms with Gasteiger partial charge in [0, 0.05) is 25.6 Å². The van der Waals surface area contributed by atoms with Gasteiger partial charge in [-0.1, -0.05) is 0 Å². The Balaban J connectivity index is 2.03. The molecule has 1 atom stereocenters. The van der Waals surface area contributed by atoms with Gasteiger partial charge >= 0.3 is 5.97 Å². The van der Waals surface area contributed by atoms with Crippen molar-refractivity contribution in [3.63, 3.8) is 0 Å². The Morgan fingerprint density at radius 2 is 2.50 bits per heavy atom. The average molecular weight is 223 g/mol. The van der Waals surface area contributed by atoms with E-state index in [1.165, 1.54) is 12.4 Å². The zero-order valence-electron chi connectivity index (χ0n) is 8.72.